The monoisotopic (exact) mass is 264 g/mol. The number of hydrogen-bond acceptors (Lipinski definition) is 4. The molecule has 19 heavy (non-hydrogen) atoms. The van der Waals surface area contributed by atoms with E-state index < -0.39 is 0 Å². The van der Waals surface area contributed by atoms with Gasteiger partial charge >= 0.3 is 0 Å². The number of amidine groups is 1. The van der Waals surface area contributed by atoms with Crippen molar-refractivity contribution >= 4 is 5.84 Å². The summed E-state index contributed by atoms with van der Waals surface area (Å²) in [6, 6.07) is 5.63. The van der Waals surface area contributed by atoms with E-state index in [1.165, 1.54) is 0 Å². The second kappa shape index (κ2) is 6.43. The van der Waals surface area contributed by atoms with Crippen LogP contribution in [-0.2, 0) is 4.74 Å². The summed E-state index contributed by atoms with van der Waals surface area (Å²) in [4.78, 5) is 0. The van der Waals surface area contributed by atoms with Gasteiger partial charge in [0.25, 0.3) is 0 Å². The van der Waals surface area contributed by atoms with Crippen LogP contribution >= 0.6 is 0 Å². The van der Waals surface area contributed by atoms with Crippen LogP contribution < -0.4 is 10.5 Å². The maximum absolute atomic E-state index is 8.79. The Morgan fingerprint density at radius 3 is 2.89 bits per heavy atom. The average Bonchev–Trinajstić information content (AvgIpc) is 2.45. The number of hydrogen-bond donors (Lipinski definition) is 2. The SMILES string of the molecule is Cc1ccc(C(N)=NO)c(OCC2CCOCC2)c1. The molecule has 1 aliphatic heterocycles. The van der Waals surface area contributed by atoms with Crippen LogP contribution in [0.1, 0.15) is 24.0 Å². The topological polar surface area (TPSA) is 77.1 Å². The van der Waals surface area contributed by atoms with E-state index in [4.69, 9.17) is 20.4 Å². The maximum Gasteiger partial charge on any atom is 0.173 e. The second-order valence-corrected chi connectivity index (χ2v) is 4.85. The van der Waals surface area contributed by atoms with E-state index in [0.29, 0.717) is 23.8 Å². The smallest absolute Gasteiger partial charge is 0.173 e. The summed E-state index contributed by atoms with van der Waals surface area (Å²) < 4.78 is 11.2. The van der Waals surface area contributed by atoms with Crippen LogP contribution in [-0.4, -0.2) is 30.9 Å². The molecule has 0 unspecified atom stereocenters. The van der Waals surface area contributed by atoms with Crippen LogP contribution in [0.15, 0.2) is 23.4 Å². The molecule has 104 valence electrons. The predicted octanol–water partition coefficient (Wildman–Crippen LogP) is 1.89. The Labute approximate surface area is 113 Å². The van der Waals surface area contributed by atoms with Crippen molar-refractivity contribution in [1.82, 2.24) is 0 Å². The Morgan fingerprint density at radius 2 is 2.21 bits per heavy atom. The van der Waals surface area contributed by atoms with E-state index in [9.17, 15) is 0 Å². The first-order chi connectivity index (χ1) is 9.20. The molecule has 0 spiro atoms. The van der Waals surface area contributed by atoms with E-state index in [-0.39, 0.29) is 5.84 Å². The van der Waals surface area contributed by atoms with E-state index in [0.717, 1.165) is 31.6 Å². The lowest BCUT2D eigenvalue weighted by molar-refractivity contribution is 0.0497. The molecule has 0 atom stereocenters. The number of nitrogens with zero attached hydrogens (tertiary/aromatic N) is 1. The molecule has 0 aromatic heterocycles. The summed E-state index contributed by atoms with van der Waals surface area (Å²) in [5, 5.41) is 11.8. The molecule has 1 aromatic carbocycles. The lowest BCUT2D eigenvalue weighted by atomic mass is 10.0. The van der Waals surface area contributed by atoms with Gasteiger partial charge in [-0.05, 0) is 43.4 Å². The highest BCUT2D eigenvalue weighted by Crippen LogP contribution is 2.23. The predicted molar refractivity (Wildman–Crippen MR) is 72.7 cm³/mol. The van der Waals surface area contributed by atoms with Crippen LogP contribution in [0, 0.1) is 12.8 Å². The van der Waals surface area contributed by atoms with Gasteiger partial charge in [0, 0.05) is 13.2 Å². The lowest BCUT2D eigenvalue weighted by Crippen LogP contribution is -2.22. The Morgan fingerprint density at radius 1 is 1.47 bits per heavy atom. The van der Waals surface area contributed by atoms with Gasteiger partial charge in [0.05, 0.1) is 12.2 Å². The van der Waals surface area contributed by atoms with E-state index in [2.05, 4.69) is 5.16 Å². The molecule has 0 radical (unpaired) electrons. The largest absolute Gasteiger partial charge is 0.493 e. The van der Waals surface area contributed by atoms with Gasteiger partial charge in [0.2, 0.25) is 0 Å². The van der Waals surface area contributed by atoms with Crippen LogP contribution in [0.2, 0.25) is 0 Å². The fourth-order valence-corrected chi connectivity index (χ4v) is 2.14. The Bertz CT molecular complexity index is 454. The first-order valence-electron chi connectivity index (χ1n) is 6.50. The third-order valence-electron chi connectivity index (χ3n) is 3.34. The van der Waals surface area contributed by atoms with Gasteiger partial charge < -0.3 is 20.4 Å². The minimum atomic E-state index is 0.0713. The zero-order chi connectivity index (χ0) is 13.7. The Kier molecular flexibility index (Phi) is 4.63. The van der Waals surface area contributed by atoms with Crippen molar-refractivity contribution in [2.24, 2.45) is 16.8 Å². The number of ether oxygens (including phenoxy) is 2. The number of oxime groups is 1. The van der Waals surface area contributed by atoms with E-state index in [1.807, 2.05) is 25.1 Å². The number of benzene rings is 1. The fraction of sp³-hybridized carbons (Fsp3) is 0.500. The van der Waals surface area contributed by atoms with E-state index in [1.54, 1.807) is 0 Å². The van der Waals surface area contributed by atoms with Crippen molar-refractivity contribution in [3.63, 3.8) is 0 Å². The highest BCUT2D eigenvalue weighted by atomic mass is 16.5. The number of aryl methyl sites for hydroxylation is 1. The molecule has 1 saturated heterocycles. The molecular formula is C14H20N2O3. The van der Waals surface area contributed by atoms with Gasteiger partial charge in [0.15, 0.2) is 5.84 Å². The van der Waals surface area contributed by atoms with Crippen molar-refractivity contribution in [2.45, 2.75) is 19.8 Å². The number of nitrogens with two attached hydrogens (primary N) is 1. The molecule has 1 heterocycles. The van der Waals surface area contributed by atoms with Crippen LogP contribution in [0.3, 0.4) is 0 Å². The molecule has 0 saturated carbocycles. The van der Waals surface area contributed by atoms with Gasteiger partial charge in [-0.2, -0.15) is 0 Å². The third-order valence-corrected chi connectivity index (χ3v) is 3.34. The minimum absolute atomic E-state index is 0.0713. The summed E-state index contributed by atoms with van der Waals surface area (Å²) in [5.74, 6) is 1.25. The minimum Gasteiger partial charge on any atom is -0.493 e. The van der Waals surface area contributed by atoms with Crippen molar-refractivity contribution < 1.29 is 14.7 Å². The molecule has 0 bridgehead atoms. The Balaban J connectivity index is 2.07. The molecule has 0 amide bonds. The molecule has 5 nitrogen and oxygen atoms in total. The molecule has 3 N–H and O–H groups in total. The quantitative estimate of drug-likeness (QED) is 0.377. The summed E-state index contributed by atoms with van der Waals surface area (Å²) >= 11 is 0. The molecule has 1 fully saturated rings. The fourth-order valence-electron chi connectivity index (χ4n) is 2.14. The molecule has 1 aliphatic rings. The van der Waals surface area contributed by atoms with Crippen LogP contribution in [0.5, 0.6) is 5.75 Å². The van der Waals surface area contributed by atoms with Gasteiger partial charge in [-0.25, -0.2) is 0 Å². The highest BCUT2D eigenvalue weighted by Gasteiger charge is 2.16. The zero-order valence-corrected chi connectivity index (χ0v) is 11.1. The lowest BCUT2D eigenvalue weighted by Gasteiger charge is -2.22. The van der Waals surface area contributed by atoms with Crippen molar-refractivity contribution in [1.29, 1.82) is 0 Å². The van der Waals surface area contributed by atoms with Gasteiger partial charge in [0.1, 0.15) is 5.75 Å². The normalized spacial score (nSPS) is 17.4. The molecule has 0 aliphatic carbocycles. The molecule has 2 rings (SSSR count). The summed E-state index contributed by atoms with van der Waals surface area (Å²) in [6.45, 7) is 4.22. The summed E-state index contributed by atoms with van der Waals surface area (Å²) in [5.41, 5.74) is 7.36. The van der Waals surface area contributed by atoms with Gasteiger partial charge in [-0.3, -0.25) is 0 Å². The number of rotatable bonds is 4. The standard InChI is InChI=1S/C14H20N2O3/c1-10-2-3-12(14(15)16-17)13(8-10)19-9-11-4-6-18-7-5-11/h2-3,8,11,17H,4-7,9H2,1H3,(H2,15,16). The van der Waals surface area contributed by atoms with Crippen molar-refractivity contribution in [2.75, 3.05) is 19.8 Å². The third kappa shape index (κ3) is 3.61. The molecule has 1 aromatic rings. The zero-order valence-electron chi connectivity index (χ0n) is 11.1. The average molecular weight is 264 g/mol. The first-order valence-corrected chi connectivity index (χ1v) is 6.50. The Hall–Kier alpha value is -1.75. The van der Waals surface area contributed by atoms with Gasteiger partial charge in [-0.15, -0.1) is 0 Å². The van der Waals surface area contributed by atoms with Crippen LogP contribution in [0.25, 0.3) is 0 Å². The molecule has 5 heteroatoms. The van der Waals surface area contributed by atoms with Crippen LogP contribution in [0.4, 0.5) is 0 Å². The summed E-state index contributed by atoms with van der Waals surface area (Å²) in [7, 11) is 0. The van der Waals surface area contributed by atoms with Gasteiger partial charge in [-0.1, -0.05) is 11.2 Å². The van der Waals surface area contributed by atoms with Crippen molar-refractivity contribution in [3.8, 4) is 5.75 Å². The molecular weight excluding hydrogens is 244 g/mol. The first kappa shape index (κ1) is 13.7. The second-order valence-electron chi connectivity index (χ2n) is 4.85. The highest BCUT2D eigenvalue weighted by molar-refractivity contribution is 5.99. The maximum atomic E-state index is 8.79. The summed E-state index contributed by atoms with van der Waals surface area (Å²) in [6.07, 6.45) is 2.04. The van der Waals surface area contributed by atoms with E-state index >= 15 is 0 Å². The van der Waals surface area contributed by atoms with Crippen molar-refractivity contribution in [3.05, 3.63) is 29.3 Å².